The van der Waals surface area contributed by atoms with Crippen LogP contribution in [-0.2, 0) is 17.8 Å². The predicted molar refractivity (Wildman–Crippen MR) is 130 cm³/mol. The molecule has 0 bridgehead atoms. The van der Waals surface area contributed by atoms with Crippen molar-refractivity contribution in [2.24, 2.45) is 5.92 Å². The highest BCUT2D eigenvalue weighted by Crippen LogP contribution is 2.32. The lowest BCUT2D eigenvalue weighted by molar-refractivity contribution is -0.125. The number of nitrogens with zero attached hydrogens (tertiary/aromatic N) is 2. The summed E-state index contributed by atoms with van der Waals surface area (Å²) < 4.78 is 2.04. The molecule has 4 rings (SSSR count). The van der Waals surface area contributed by atoms with Crippen molar-refractivity contribution in [2.45, 2.75) is 57.7 Å². The number of carbonyl (C=O) groups is 2. The molecule has 2 heterocycles. The summed E-state index contributed by atoms with van der Waals surface area (Å²) in [5, 5.41) is 3.42. The predicted octanol–water partition coefficient (Wildman–Crippen LogP) is 4.28. The second-order valence-electron chi connectivity index (χ2n) is 8.80. The summed E-state index contributed by atoms with van der Waals surface area (Å²) in [5.41, 5.74) is 1.69. The van der Waals surface area contributed by atoms with Crippen molar-refractivity contribution in [3.8, 4) is 0 Å². The zero-order valence-electron chi connectivity index (χ0n) is 18.5. The molecule has 1 aliphatic heterocycles. The van der Waals surface area contributed by atoms with Gasteiger partial charge in [-0.15, -0.1) is 0 Å². The number of fused-ring (bicyclic) bond motifs is 1. The summed E-state index contributed by atoms with van der Waals surface area (Å²) in [7, 11) is 1.65. The summed E-state index contributed by atoms with van der Waals surface area (Å²) in [4.78, 5) is 43.5. The fourth-order valence-electron chi connectivity index (χ4n) is 4.91. The number of carbonyl (C=O) groups excluding carboxylic acids is 2. The standard InChI is InChI=1S/C23H26Cl2N4O3S/c1-12-9-16-19(11-28(12)21(31)14-5-8-17(24)18(25)10-14)27-23(33)29(22(16)32)15-6-3-13(4-7-15)20(30)26-2/h5,8,10,12-13,15H,3-4,6-7,9,11H2,1-2H3,(H,26,30)(H,27,33). The molecule has 1 atom stereocenters. The SMILES string of the molecule is CNC(=O)C1CCC(n2c(=S)[nH]c3c(c2=O)CC(C)N(C(=O)c2ccc(Cl)c(Cl)c2)C3)CC1. The van der Waals surface area contributed by atoms with Crippen LogP contribution in [0.1, 0.15) is 60.3 Å². The first-order valence-electron chi connectivity index (χ1n) is 11.1. The minimum absolute atomic E-state index is 0.0157. The number of amides is 2. The van der Waals surface area contributed by atoms with E-state index in [1.165, 1.54) is 0 Å². The first-order valence-corrected chi connectivity index (χ1v) is 12.2. The first-order chi connectivity index (χ1) is 15.7. The van der Waals surface area contributed by atoms with Crippen LogP contribution < -0.4 is 10.9 Å². The van der Waals surface area contributed by atoms with E-state index in [-0.39, 0.29) is 41.9 Å². The van der Waals surface area contributed by atoms with E-state index in [1.54, 1.807) is 34.7 Å². The summed E-state index contributed by atoms with van der Waals surface area (Å²) in [5.74, 6) is -0.141. The lowest BCUT2D eigenvalue weighted by Gasteiger charge is -2.35. The van der Waals surface area contributed by atoms with Crippen molar-refractivity contribution < 1.29 is 9.59 Å². The van der Waals surface area contributed by atoms with Gasteiger partial charge in [-0.25, -0.2) is 0 Å². The molecule has 2 aromatic rings. The van der Waals surface area contributed by atoms with Gasteiger partial charge in [0.2, 0.25) is 5.91 Å². The molecule has 1 saturated carbocycles. The van der Waals surface area contributed by atoms with E-state index in [2.05, 4.69) is 10.3 Å². The molecule has 0 radical (unpaired) electrons. The van der Waals surface area contributed by atoms with E-state index in [0.29, 0.717) is 38.1 Å². The number of aromatic amines is 1. The molecule has 1 aliphatic carbocycles. The second-order valence-corrected chi connectivity index (χ2v) is 10.00. The Bertz CT molecular complexity index is 1220. The smallest absolute Gasteiger partial charge is 0.258 e. The van der Waals surface area contributed by atoms with Crippen molar-refractivity contribution >= 4 is 47.2 Å². The number of rotatable bonds is 3. The largest absolute Gasteiger partial charge is 0.359 e. The Morgan fingerprint density at radius 3 is 2.48 bits per heavy atom. The quantitative estimate of drug-likeness (QED) is 0.605. The molecule has 2 aliphatic rings. The zero-order chi connectivity index (χ0) is 23.9. The molecule has 0 spiro atoms. The third-order valence-electron chi connectivity index (χ3n) is 6.78. The summed E-state index contributed by atoms with van der Waals surface area (Å²) in [6.45, 7) is 2.19. The van der Waals surface area contributed by atoms with Crippen molar-refractivity contribution in [2.75, 3.05) is 7.05 Å². The molecule has 1 aromatic carbocycles. The number of benzene rings is 1. The maximum atomic E-state index is 13.4. The highest BCUT2D eigenvalue weighted by Gasteiger charge is 2.33. The van der Waals surface area contributed by atoms with Crippen LogP contribution in [0, 0.1) is 10.7 Å². The van der Waals surface area contributed by atoms with E-state index < -0.39 is 0 Å². The van der Waals surface area contributed by atoms with Gasteiger partial charge in [0.05, 0.1) is 16.6 Å². The van der Waals surface area contributed by atoms with Crippen molar-refractivity contribution in [3.05, 3.63) is 60.2 Å². The van der Waals surface area contributed by atoms with E-state index in [1.807, 2.05) is 6.92 Å². The maximum absolute atomic E-state index is 13.4. The maximum Gasteiger partial charge on any atom is 0.258 e. The third kappa shape index (κ3) is 4.61. The highest BCUT2D eigenvalue weighted by molar-refractivity contribution is 7.71. The van der Waals surface area contributed by atoms with Gasteiger partial charge in [0.1, 0.15) is 0 Å². The Hall–Kier alpha value is -2.16. The van der Waals surface area contributed by atoms with Gasteiger partial charge >= 0.3 is 0 Å². The molecule has 1 fully saturated rings. The monoisotopic (exact) mass is 508 g/mol. The summed E-state index contributed by atoms with van der Waals surface area (Å²) in [6, 6.07) is 4.61. The summed E-state index contributed by atoms with van der Waals surface area (Å²) >= 11 is 17.6. The molecule has 1 unspecified atom stereocenters. The van der Waals surface area contributed by atoms with Crippen LogP contribution in [0.5, 0.6) is 0 Å². The lowest BCUT2D eigenvalue weighted by atomic mass is 9.85. The molecule has 7 nitrogen and oxygen atoms in total. The van der Waals surface area contributed by atoms with Gasteiger partial charge in [0, 0.05) is 41.9 Å². The molecule has 2 amide bonds. The molecular formula is C23H26Cl2N4O3S. The van der Waals surface area contributed by atoms with Crippen molar-refractivity contribution in [1.29, 1.82) is 0 Å². The van der Waals surface area contributed by atoms with Crippen LogP contribution >= 0.6 is 35.4 Å². The van der Waals surface area contributed by atoms with E-state index in [9.17, 15) is 14.4 Å². The van der Waals surface area contributed by atoms with Gasteiger partial charge in [0.25, 0.3) is 11.5 Å². The Morgan fingerprint density at radius 2 is 1.85 bits per heavy atom. The number of aromatic nitrogens is 2. The van der Waals surface area contributed by atoms with Crippen molar-refractivity contribution in [3.63, 3.8) is 0 Å². The number of hydrogen-bond acceptors (Lipinski definition) is 4. The molecule has 176 valence electrons. The minimum atomic E-state index is -0.178. The average molecular weight is 509 g/mol. The van der Waals surface area contributed by atoms with Crippen LogP contribution in [0.15, 0.2) is 23.0 Å². The zero-order valence-corrected chi connectivity index (χ0v) is 20.8. The van der Waals surface area contributed by atoms with Gasteiger partial charge in [-0.3, -0.25) is 19.0 Å². The van der Waals surface area contributed by atoms with Crippen LogP contribution in [0.2, 0.25) is 10.0 Å². The Balaban J connectivity index is 1.59. The van der Waals surface area contributed by atoms with Crippen molar-refractivity contribution in [1.82, 2.24) is 19.8 Å². The first kappa shape index (κ1) is 24.0. The van der Waals surface area contributed by atoms with E-state index in [0.717, 1.165) is 25.7 Å². The van der Waals surface area contributed by atoms with Gasteiger partial charge in [-0.05, 0) is 69.4 Å². The van der Waals surface area contributed by atoms with Gasteiger partial charge in [-0.1, -0.05) is 23.2 Å². The highest BCUT2D eigenvalue weighted by atomic mass is 35.5. The Morgan fingerprint density at radius 1 is 1.15 bits per heavy atom. The topological polar surface area (TPSA) is 87.2 Å². The fourth-order valence-corrected chi connectivity index (χ4v) is 5.56. The van der Waals surface area contributed by atoms with Gasteiger partial charge in [0.15, 0.2) is 4.77 Å². The van der Waals surface area contributed by atoms with Crippen LogP contribution in [-0.4, -0.2) is 39.4 Å². The van der Waals surface area contributed by atoms with Gasteiger partial charge in [-0.2, -0.15) is 0 Å². The molecule has 1 aromatic heterocycles. The minimum Gasteiger partial charge on any atom is -0.359 e. The molecule has 2 N–H and O–H groups in total. The third-order valence-corrected chi connectivity index (χ3v) is 7.82. The number of H-pyrrole nitrogens is 1. The number of halogens is 2. The fraction of sp³-hybridized carbons (Fsp3) is 0.478. The average Bonchev–Trinajstić information content (AvgIpc) is 2.80. The molecular weight excluding hydrogens is 483 g/mol. The van der Waals surface area contributed by atoms with Crippen LogP contribution in [0.25, 0.3) is 0 Å². The molecule has 33 heavy (non-hydrogen) atoms. The van der Waals surface area contributed by atoms with E-state index >= 15 is 0 Å². The number of hydrogen-bond donors (Lipinski definition) is 2. The van der Waals surface area contributed by atoms with E-state index in [4.69, 9.17) is 35.4 Å². The molecule has 0 saturated heterocycles. The molecule has 10 heteroatoms. The van der Waals surface area contributed by atoms with Gasteiger partial charge < -0.3 is 15.2 Å². The second kappa shape index (κ2) is 9.60. The normalized spacial score (nSPS) is 22.5. The number of nitrogens with one attached hydrogen (secondary N) is 2. The Labute approximate surface area is 207 Å². The van der Waals surface area contributed by atoms with Crippen LogP contribution in [0.3, 0.4) is 0 Å². The van der Waals surface area contributed by atoms with Crippen LogP contribution in [0.4, 0.5) is 0 Å². The Kier molecular flexibility index (Phi) is 6.98. The lowest BCUT2D eigenvalue weighted by Crippen LogP contribution is -2.46. The summed E-state index contributed by atoms with van der Waals surface area (Å²) in [6.07, 6.45) is 3.34.